The summed E-state index contributed by atoms with van der Waals surface area (Å²) < 4.78 is 5.08. The molecule has 5 nitrogen and oxygen atoms in total. The van der Waals surface area contributed by atoms with Gasteiger partial charge in [0.2, 0.25) is 0 Å². The number of urea groups is 1. The summed E-state index contributed by atoms with van der Waals surface area (Å²) >= 11 is 11.4. The second kappa shape index (κ2) is 7.32. The molecule has 0 radical (unpaired) electrons. The Kier molecular flexibility index (Phi) is 6.04. The Balaban J connectivity index is 2.39. The maximum absolute atomic E-state index is 11.4. The summed E-state index contributed by atoms with van der Waals surface area (Å²) in [7, 11) is 0. The van der Waals surface area contributed by atoms with Crippen molar-refractivity contribution >= 4 is 34.9 Å². The van der Waals surface area contributed by atoms with Crippen LogP contribution >= 0.6 is 23.2 Å². The Morgan fingerprint density at radius 2 is 2.06 bits per heavy atom. The molecule has 2 N–H and O–H groups in total. The predicted molar refractivity (Wildman–Crippen MR) is 67.8 cm³/mol. The van der Waals surface area contributed by atoms with E-state index < -0.39 is 0 Å². The molecule has 2 amide bonds. The number of carbonyl (C=O) groups is 1. The molecule has 0 spiro atoms. The Bertz CT molecular complexity index is 368. The lowest BCUT2D eigenvalue weighted by Crippen LogP contribution is -2.31. The zero-order chi connectivity index (χ0) is 12.7. The number of pyridine rings is 1. The summed E-state index contributed by atoms with van der Waals surface area (Å²) in [5, 5.41) is 5.66. The molecular weight excluding hydrogens is 265 g/mol. The van der Waals surface area contributed by atoms with E-state index in [-0.39, 0.29) is 16.3 Å². The molecular formula is C10H13Cl2N3O2. The number of rotatable bonds is 5. The van der Waals surface area contributed by atoms with Crippen molar-refractivity contribution in [3.05, 3.63) is 22.4 Å². The Morgan fingerprint density at radius 1 is 1.41 bits per heavy atom. The van der Waals surface area contributed by atoms with Gasteiger partial charge in [-0.15, -0.1) is 0 Å². The van der Waals surface area contributed by atoms with E-state index in [0.29, 0.717) is 25.4 Å². The van der Waals surface area contributed by atoms with Crippen molar-refractivity contribution < 1.29 is 9.53 Å². The van der Waals surface area contributed by atoms with E-state index in [4.69, 9.17) is 27.9 Å². The highest BCUT2D eigenvalue weighted by molar-refractivity contribution is 6.32. The summed E-state index contributed by atoms with van der Waals surface area (Å²) in [4.78, 5) is 15.2. The molecule has 17 heavy (non-hydrogen) atoms. The molecule has 1 aromatic rings. The number of amides is 2. The second-order valence-corrected chi connectivity index (χ2v) is 3.85. The number of halogens is 2. The van der Waals surface area contributed by atoms with Crippen molar-refractivity contribution in [1.29, 1.82) is 0 Å². The van der Waals surface area contributed by atoms with Gasteiger partial charge >= 0.3 is 6.03 Å². The van der Waals surface area contributed by atoms with Crippen molar-refractivity contribution in [3.8, 4) is 0 Å². The van der Waals surface area contributed by atoms with Gasteiger partial charge in [-0.2, -0.15) is 0 Å². The van der Waals surface area contributed by atoms with Crippen molar-refractivity contribution in [2.45, 2.75) is 6.92 Å². The fraction of sp³-hybridized carbons (Fsp3) is 0.400. The van der Waals surface area contributed by atoms with Crippen LogP contribution in [0.1, 0.15) is 6.92 Å². The minimum atomic E-state index is -0.344. The van der Waals surface area contributed by atoms with Crippen LogP contribution in [0.3, 0.4) is 0 Å². The van der Waals surface area contributed by atoms with E-state index in [2.05, 4.69) is 15.6 Å². The third kappa shape index (κ3) is 5.72. The molecule has 1 rings (SSSR count). The van der Waals surface area contributed by atoms with Crippen LogP contribution in [0.2, 0.25) is 10.3 Å². The van der Waals surface area contributed by atoms with Crippen LogP contribution < -0.4 is 10.6 Å². The molecule has 1 heterocycles. The number of nitrogens with one attached hydrogen (secondary N) is 2. The molecule has 1 aromatic heterocycles. The lowest BCUT2D eigenvalue weighted by Gasteiger charge is -2.07. The zero-order valence-electron chi connectivity index (χ0n) is 9.30. The summed E-state index contributed by atoms with van der Waals surface area (Å²) in [5.74, 6) is 0. The molecule has 0 saturated heterocycles. The highest BCUT2D eigenvalue weighted by Crippen LogP contribution is 2.18. The molecule has 0 fully saturated rings. The average Bonchev–Trinajstić information content (AvgIpc) is 2.23. The van der Waals surface area contributed by atoms with Crippen molar-refractivity contribution in [2.24, 2.45) is 0 Å². The van der Waals surface area contributed by atoms with Gasteiger partial charge in [0.1, 0.15) is 10.3 Å². The van der Waals surface area contributed by atoms with E-state index in [9.17, 15) is 4.79 Å². The van der Waals surface area contributed by atoms with Gasteiger partial charge in [0, 0.05) is 18.8 Å². The molecule has 0 aromatic carbocycles. The molecule has 7 heteroatoms. The predicted octanol–water partition coefficient (Wildman–Crippen LogP) is 2.55. The first-order chi connectivity index (χ1) is 8.11. The smallest absolute Gasteiger partial charge is 0.319 e. The number of hydrogen-bond acceptors (Lipinski definition) is 3. The van der Waals surface area contributed by atoms with Crippen molar-refractivity contribution in [1.82, 2.24) is 10.3 Å². The lowest BCUT2D eigenvalue weighted by molar-refractivity contribution is 0.150. The Hall–Kier alpha value is -1.04. The first-order valence-electron chi connectivity index (χ1n) is 5.07. The van der Waals surface area contributed by atoms with Gasteiger partial charge in [0.15, 0.2) is 0 Å². The van der Waals surface area contributed by atoms with Crippen LogP contribution in [-0.4, -0.2) is 30.8 Å². The number of carbonyl (C=O) groups excluding carboxylic acids is 1. The van der Waals surface area contributed by atoms with Gasteiger partial charge in [0.25, 0.3) is 0 Å². The number of ether oxygens (including phenoxy) is 1. The first kappa shape index (κ1) is 14.0. The molecule has 0 atom stereocenters. The summed E-state index contributed by atoms with van der Waals surface area (Å²) in [6.45, 7) is 3.42. The minimum absolute atomic E-state index is 0.224. The molecule has 0 aliphatic rings. The average molecular weight is 278 g/mol. The summed E-state index contributed by atoms with van der Waals surface area (Å²) in [6, 6.07) is 2.67. The number of anilines is 1. The number of nitrogens with zero attached hydrogens (tertiary/aromatic N) is 1. The van der Waals surface area contributed by atoms with E-state index >= 15 is 0 Å². The fourth-order valence-corrected chi connectivity index (χ4v) is 1.55. The van der Waals surface area contributed by atoms with Gasteiger partial charge in [-0.3, -0.25) is 0 Å². The minimum Gasteiger partial charge on any atom is -0.380 e. The van der Waals surface area contributed by atoms with Gasteiger partial charge < -0.3 is 15.4 Å². The summed E-state index contributed by atoms with van der Waals surface area (Å²) in [5.41, 5.74) is 0.490. The van der Waals surface area contributed by atoms with Crippen LogP contribution in [0.4, 0.5) is 10.5 Å². The van der Waals surface area contributed by atoms with Crippen LogP contribution in [0.25, 0.3) is 0 Å². The van der Waals surface area contributed by atoms with Crippen LogP contribution in [-0.2, 0) is 4.74 Å². The Morgan fingerprint density at radius 3 is 2.65 bits per heavy atom. The Labute approximate surface area is 109 Å². The molecule has 0 unspecified atom stereocenters. The molecule has 0 bridgehead atoms. The quantitative estimate of drug-likeness (QED) is 0.642. The summed E-state index contributed by atoms with van der Waals surface area (Å²) in [6.07, 6.45) is 0. The molecule has 0 aliphatic heterocycles. The van der Waals surface area contributed by atoms with Crippen LogP contribution in [0, 0.1) is 0 Å². The molecule has 94 valence electrons. The van der Waals surface area contributed by atoms with Crippen LogP contribution in [0.5, 0.6) is 0 Å². The lowest BCUT2D eigenvalue weighted by atomic mass is 10.4. The maximum atomic E-state index is 11.4. The van der Waals surface area contributed by atoms with Gasteiger partial charge in [-0.05, 0) is 19.1 Å². The van der Waals surface area contributed by atoms with Crippen molar-refractivity contribution in [3.63, 3.8) is 0 Å². The molecule has 0 aliphatic carbocycles. The monoisotopic (exact) mass is 277 g/mol. The van der Waals surface area contributed by atoms with Gasteiger partial charge in [-0.25, -0.2) is 9.78 Å². The number of aromatic nitrogens is 1. The van der Waals surface area contributed by atoms with Gasteiger partial charge in [0.05, 0.1) is 6.61 Å². The SMILES string of the molecule is CCOCCNC(=O)Nc1cc(Cl)nc(Cl)c1. The zero-order valence-corrected chi connectivity index (χ0v) is 10.8. The standard InChI is InChI=1S/C10H13Cl2N3O2/c1-2-17-4-3-13-10(16)14-7-5-8(11)15-9(12)6-7/h5-6H,2-4H2,1H3,(H2,13,14,15,16). The normalized spacial score (nSPS) is 10.1. The van der Waals surface area contributed by atoms with E-state index in [1.165, 1.54) is 12.1 Å². The second-order valence-electron chi connectivity index (χ2n) is 3.08. The van der Waals surface area contributed by atoms with E-state index in [1.807, 2.05) is 6.92 Å². The maximum Gasteiger partial charge on any atom is 0.319 e. The first-order valence-corrected chi connectivity index (χ1v) is 5.83. The highest BCUT2D eigenvalue weighted by Gasteiger charge is 2.03. The third-order valence-electron chi connectivity index (χ3n) is 1.76. The number of hydrogen-bond donors (Lipinski definition) is 2. The highest BCUT2D eigenvalue weighted by atomic mass is 35.5. The largest absolute Gasteiger partial charge is 0.380 e. The van der Waals surface area contributed by atoms with Crippen molar-refractivity contribution in [2.75, 3.05) is 25.1 Å². The van der Waals surface area contributed by atoms with E-state index in [0.717, 1.165) is 0 Å². The third-order valence-corrected chi connectivity index (χ3v) is 2.14. The molecule has 0 saturated carbocycles. The fourth-order valence-electron chi connectivity index (χ4n) is 1.09. The van der Waals surface area contributed by atoms with Gasteiger partial charge in [-0.1, -0.05) is 23.2 Å². The van der Waals surface area contributed by atoms with Crippen LogP contribution in [0.15, 0.2) is 12.1 Å². The topological polar surface area (TPSA) is 63.2 Å². The van der Waals surface area contributed by atoms with E-state index in [1.54, 1.807) is 0 Å².